The molecule has 0 radical (unpaired) electrons. The van der Waals surface area contributed by atoms with Gasteiger partial charge in [-0.15, -0.1) is 0 Å². The van der Waals surface area contributed by atoms with E-state index in [1.807, 2.05) is 4.90 Å². The Morgan fingerprint density at radius 2 is 2.04 bits per heavy atom. The van der Waals surface area contributed by atoms with Crippen molar-refractivity contribution < 1.29 is 9.18 Å². The van der Waals surface area contributed by atoms with E-state index in [1.165, 1.54) is 10.6 Å². The number of benzene rings is 1. The fraction of sp³-hybridized carbons (Fsp3) is 0.526. The number of nitrogens with one attached hydrogen (secondary N) is 1. The summed E-state index contributed by atoms with van der Waals surface area (Å²) in [4.78, 5) is 26.2. The van der Waals surface area contributed by atoms with Gasteiger partial charge >= 0.3 is 5.69 Å². The highest BCUT2D eigenvalue weighted by Crippen LogP contribution is 2.23. The zero-order chi connectivity index (χ0) is 18.5. The molecule has 1 aromatic carbocycles. The lowest BCUT2D eigenvalue weighted by molar-refractivity contribution is -0.132. The highest BCUT2D eigenvalue weighted by molar-refractivity contribution is 5.76. The second-order valence-electron chi connectivity index (χ2n) is 6.86. The number of piperidine rings is 1. The smallest absolute Gasteiger partial charge is 0.343 e. The van der Waals surface area contributed by atoms with Crippen LogP contribution in [0.4, 0.5) is 4.39 Å². The number of hydrogen-bond acceptors (Lipinski definition) is 3. The summed E-state index contributed by atoms with van der Waals surface area (Å²) in [6.45, 7) is 3.56. The van der Waals surface area contributed by atoms with E-state index in [0.29, 0.717) is 24.6 Å². The Labute approximate surface area is 152 Å². The number of nitrogens with zero attached hydrogens (tertiary/aromatic N) is 3. The summed E-state index contributed by atoms with van der Waals surface area (Å²) in [5.41, 5.74) is -0.217. The van der Waals surface area contributed by atoms with E-state index in [2.05, 4.69) is 17.1 Å². The van der Waals surface area contributed by atoms with E-state index < -0.39 is 11.5 Å². The topological polar surface area (TPSA) is 71.0 Å². The van der Waals surface area contributed by atoms with Crippen LogP contribution in [0.15, 0.2) is 29.1 Å². The number of carbonyl (C=O) groups is 1. The number of amides is 1. The molecule has 0 bridgehead atoms. The first-order valence-electron chi connectivity index (χ1n) is 9.29. The molecule has 0 atom stereocenters. The summed E-state index contributed by atoms with van der Waals surface area (Å²) in [6.07, 6.45) is 4.90. The minimum absolute atomic E-state index is 0.216. The second kappa shape index (κ2) is 8.29. The molecule has 1 N–H and O–H groups in total. The minimum atomic E-state index is -0.450. The number of para-hydroxylation sites is 1. The Hall–Kier alpha value is -2.44. The summed E-state index contributed by atoms with van der Waals surface area (Å²) < 4.78 is 15.4. The standard InChI is InChI=1S/C19H25FN4O2/c1-2-3-8-18(25)23-11-9-14(10-12-23)13-17-21-22-19(26)24(17)16-7-5-4-6-15(16)20/h4-7,14H,2-3,8-13H2,1H3,(H,22,26). The number of hydrogen-bond donors (Lipinski definition) is 1. The molecule has 0 unspecified atom stereocenters. The Morgan fingerprint density at radius 3 is 2.73 bits per heavy atom. The van der Waals surface area contributed by atoms with Crippen molar-refractivity contribution in [1.29, 1.82) is 0 Å². The van der Waals surface area contributed by atoms with Crippen LogP contribution >= 0.6 is 0 Å². The van der Waals surface area contributed by atoms with E-state index in [0.717, 1.165) is 38.8 Å². The molecule has 1 saturated heterocycles. The molecule has 2 heterocycles. The van der Waals surface area contributed by atoms with Crippen LogP contribution in [0.5, 0.6) is 0 Å². The van der Waals surface area contributed by atoms with Gasteiger partial charge in [-0.1, -0.05) is 25.5 Å². The van der Waals surface area contributed by atoms with E-state index in [-0.39, 0.29) is 11.6 Å². The van der Waals surface area contributed by atoms with E-state index >= 15 is 0 Å². The SMILES string of the molecule is CCCCC(=O)N1CCC(Cc2n[nH]c(=O)n2-c2ccccc2F)CC1. The van der Waals surface area contributed by atoms with Crippen molar-refractivity contribution in [3.8, 4) is 5.69 Å². The van der Waals surface area contributed by atoms with E-state index in [1.54, 1.807) is 18.2 Å². The van der Waals surface area contributed by atoms with Crippen molar-refractivity contribution in [3.63, 3.8) is 0 Å². The second-order valence-corrected chi connectivity index (χ2v) is 6.86. The normalized spacial score (nSPS) is 15.4. The average molecular weight is 360 g/mol. The molecule has 0 aliphatic carbocycles. The van der Waals surface area contributed by atoms with Gasteiger partial charge in [0.25, 0.3) is 0 Å². The van der Waals surface area contributed by atoms with Crippen LogP contribution in [0.2, 0.25) is 0 Å². The highest BCUT2D eigenvalue weighted by atomic mass is 19.1. The molecule has 1 amide bonds. The first kappa shape index (κ1) is 18.4. The summed E-state index contributed by atoms with van der Waals surface area (Å²) in [6, 6.07) is 6.20. The molecule has 1 aliphatic heterocycles. The number of halogens is 1. The van der Waals surface area contributed by atoms with Gasteiger partial charge in [0.05, 0.1) is 5.69 Å². The van der Waals surface area contributed by atoms with Gasteiger partial charge in [-0.25, -0.2) is 18.9 Å². The average Bonchev–Trinajstić information content (AvgIpc) is 3.01. The van der Waals surface area contributed by atoms with Gasteiger partial charge in [0, 0.05) is 25.9 Å². The van der Waals surface area contributed by atoms with E-state index in [4.69, 9.17) is 0 Å². The molecule has 3 rings (SSSR count). The molecule has 2 aromatic rings. The maximum Gasteiger partial charge on any atom is 0.348 e. The molecule has 0 saturated carbocycles. The summed E-state index contributed by atoms with van der Waals surface area (Å²) in [5.74, 6) is 0.642. The molecule has 6 nitrogen and oxygen atoms in total. The molecule has 140 valence electrons. The molecule has 1 aliphatic rings. The Bertz CT molecular complexity index is 806. The maximum absolute atomic E-state index is 14.1. The monoisotopic (exact) mass is 360 g/mol. The van der Waals surface area contributed by atoms with Crippen LogP contribution in [-0.4, -0.2) is 38.7 Å². The fourth-order valence-corrected chi connectivity index (χ4v) is 3.48. The van der Waals surface area contributed by atoms with Crippen LogP contribution in [-0.2, 0) is 11.2 Å². The van der Waals surface area contributed by atoms with Gasteiger partial charge in [0.2, 0.25) is 5.91 Å². The van der Waals surface area contributed by atoms with Gasteiger partial charge in [-0.05, 0) is 37.3 Å². The molecule has 26 heavy (non-hydrogen) atoms. The van der Waals surface area contributed by atoms with E-state index in [9.17, 15) is 14.0 Å². The first-order valence-corrected chi connectivity index (χ1v) is 9.29. The third-order valence-corrected chi connectivity index (χ3v) is 5.02. The van der Waals surface area contributed by atoms with Gasteiger partial charge in [-0.3, -0.25) is 4.79 Å². The van der Waals surface area contributed by atoms with Gasteiger partial charge in [0.1, 0.15) is 11.6 Å². The minimum Gasteiger partial charge on any atom is -0.343 e. The van der Waals surface area contributed by atoms with Crippen LogP contribution in [0.3, 0.4) is 0 Å². The predicted molar refractivity (Wildman–Crippen MR) is 96.7 cm³/mol. The van der Waals surface area contributed by atoms with Crippen molar-refractivity contribution in [2.75, 3.05) is 13.1 Å². The Balaban J connectivity index is 1.66. The van der Waals surface area contributed by atoms with Crippen molar-refractivity contribution in [3.05, 3.63) is 46.4 Å². The maximum atomic E-state index is 14.1. The van der Waals surface area contributed by atoms with Gasteiger partial charge in [-0.2, -0.15) is 5.10 Å². The Morgan fingerprint density at radius 1 is 1.31 bits per heavy atom. The number of aromatic amines is 1. The molecule has 7 heteroatoms. The lowest BCUT2D eigenvalue weighted by atomic mass is 9.93. The van der Waals surface area contributed by atoms with Crippen LogP contribution in [0.25, 0.3) is 5.69 Å². The van der Waals surface area contributed by atoms with Crippen LogP contribution < -0.4 is 5.69 Å². The largest absolute Gasteiger partial charge is 0.348 e. The predicted octanol–water partition coefficient (Wildman–Crippen LogP) is 2.67. The summed E-state index contributed by atoms with van der Waals surface area (Å²) >= 11 is 0. The lowest BCUT2D eigenvalue weighted by Gasteiger charge is -2.32. The van der Waals surface area contributed by atoms with Crippen molar-refractivity contribution in [2.24, 2.45) is 5.92 Å². The third kappa shape index (κ3) is 4.03. The van der Waals surface area contributed by atoms with Crippen molar-refractivity contribution in [1.82, 2.24) is 19.7 Å². The number of H-pyrrole nitrogens is 1. The van der Waals surface area contributed by atoms with Crippen molar-refractivity contribution >= 4 is 5.91 Å². The number of rotatable bonds is 6. The zero-order valence-electron chi connectivity index (χ0n) is 15.1. The molecule has 1 fully saturated rings. The number of carbonyl (C=O) groups excluding carboxylic acids is 1. The summed E-state index contributed by atoms with van der Waals surface area (Å²) in [5, 5.41) is 6.53. The Kier molecular flexibility index (Phi) is 5.85. The van der Waals surface area contributed by atoms with Gasteiger partial charge < -0.3 is 4.90 Å². The molecular formula is C19H25FN4O2. The molecular weight excluding hydrogens is 335 g/mol. The van der Waals surface area contributed by atoms with Crippen LogP contribution in [0.1, 0.15) is 44.9 Å². The third-order valence-electron chi connectivity index (χ3n) is 5.02. The number of likely N-dealkylation sites (tertiary alicyclic amines) is 1. The quantitative estimate of drug-likeness (QED) is 0.861. The fourth-order valence-electron chi connectivity index (χ4n) is 3.48. The summed E-state index contributed by atoms with van der Waals surface area (Å²) in [7, 11) is 0. The molecule has 0 spiro atoms. The first-order chi connectivity index (χ1) is 12.6. The van der Waals surface area contributed by atoms with Crippen molar-refractivity contribution in [2.45, 2.75) is 45.4 Å². The van der Waals surface area contributed by atoms with Crippen LogP contribution in [0, 0.1) is 11.7 Å². The number of unbranched alkanes of at least 4 members (excludes halogenated alkanes) is 1. The lowest BCUT2D eigenvalue weighted by Crippen LogP contribution is -2.39. The number of aromatic nitrogens is 3. The van der Waals surface area contributed by atoms with Gasteiger partial charge in [0.15, 0.2) is 0 Å². The highest BCUT2D eigenvalue weighted by Gasteiger charge is 2.25. The zero-order valence-corrected chi connectivity index (χ0v) is 15.1. The molecule has 1 aromatic heterocycles.